The molecule has 0 unspecified atom stereocenters. The fraction of sp³-hybridized carbons (Fsp3) is 0.364. The lowest BCUT2D eigenvalue weighted by Gasteiger charge is -2.33. The van der Waals surface area contributed by atoms with Crippen LogP contribution < -0.4 is 9.62 Å². The molecule has 0 heterocycles. The van der Waals surface area contributed by atoms with Gasteiger partial charge in [-0.2, -0.15) is 0 Å². The Morgan fingerprint density at radius 1 is 1.11 bits per heavy atom. The summed E-state index contributed by atoms with van der Waals surface area (Å²) in [6, 6.07) is 8.80. The summed E-state index contributed by atoms with van der Waals surface area (Å²) in [6.45, 7) is 2.92. The van der Waals surface area contributed by atoms with Crippen molar-refractivity contribution in [3.05, 3.63) is 68.2 Å². The Bertz CT molecular complexity index is 1190. The van der Waals surface area contributed by atoms with Crippen LogP contribution in [0.15, 0.2) is 42.5 Å². The molecule has 0 fully saturated rings. The fourth-order valence-corrected chi connectivity index (χ4v) is 4.80. The summed E-state index contributed by atoms with van der Waals surface area (Å²) in [4.78, 5) is 38.1. The summed E-state index contributed by atoms with van der Waals surface area (Å²) in [7, 11) is -4.03. The number of hydrogen-bond donors (Lipinski definition) is 1. The highest BCUT2D eigenvalue weighted by molar-refractivity contribution is 7.92. The third-order valence-corrected chi connectivity index (χ3v) is 6.98. The number of non-ortho nitro benzene ring substituents is 1. The van der Waals surface area contributed by atoms with Crippen LogP contribution in [-0.4, -0.2) is 55.4 Å². The Hall–Kier alpha value is -2.89. The van der Waals surface area contributed by atoms with E-state index in [1.165, 1.54) is 23.1 Å². The number of nitro benzene ring substituents is 1. The second kappa shape index (κ2) is 12.2. The molecule has 2 rings (SSSR count). The van der Waals surface area contributed by atoms with E-state index in [1.54, 1.807) is 32.0 Å². The van der Waals surface area contributed by atoms with Gasteiger partial charge in [0.05, 0.1) is 16.9 Å². The molecule has 0 aromatic heterocycles. The lowest BCUT2D eigenvalue weighted by atomic mass is 10.1. The molecule has 2 aromatic carbocycles. The predicted octanol–water partition coefficient (Wildman–Crippen LogP) is 3.61. The van der Waals surface area contributed by atoms with Crippen molar-refractivity contribution in [3.63, 3.8) is 0 Å². The largest absolute Gasteiger partial charge is 0.355 e. The van der Waals surface area contributed by atoms with Crippen molar-refractivity contribution >= 4 is 56.4 Å². The van der Waals surface area contributed by atoms with Crippen molar-refractivity contribution in [2.45, 2.75) is 32.9 Å². The van der Waals surface area contributed by atoms with Crippen molar-refractivity contribution in [2.75, 3.05) is 23.7 Å². The minimum atomic E-state index is -4.03. The van der Waals surface area contributed by atoms with Crippen LogP contribution in [0.4, 0.5) is 11.4 Å². The molecule has 1 N–H and O–H groups in total. The van der Waals surface area contributed by atoms with Crippen LogP contribution in [0.25, 0.3) is 0 Å². The van der Waals surface area contributed by atoms with Crippen LogP contribution in [0.1, 0.15) is 25.8 Å². The Morgan fingerprint density at radius 2 is 1.71 bits per heavy atom. The number of halogens is 2. The summed E-state index contributed by atoms with van der Waals surface area (Å²) in [5.74, 6) is -1.14. The van der Waals surface area contributed by atoms with E-state index in [2.05, 4.69) is 5.32 Å². The molecule has 0 bridgehead atoms. The summed E-state index contributed by atoms with van der Waals surface area (Å²) in [5.41, 5.74) is 0.00193. The van der Waals surface area contributed by atoms with E-state index in [-0.39, 0.29) is 34.4 Å². The van der Waals surface area contributed by atoms with E-state index in [0.29, 0.717) is 12.1 Å². The number of amides is 2. The van der Waals surface area contributed by atoms with Crippen molar-refractivity contribution in [1.82, 2.24) is 10.2 Å². The Morgan fingerprint density at radius 3 is 2.23 bits per heavy atom. The van der Waals surface area contributed by atoms with Crippen LogP contribution >= 0.6 is 23.2 Å². The minimum Gasteiger partial charge on any atom is -0.355 e. The van der Waals surface area contributed by atoms with Crippen LogP contribution in [0.5, 0.6) is 0 Å². The number of nitrogens with one attached hydrogen (secondary N) is 1. The molecule has 13 heteroatoms. The molecule has 0 aliphatic heterocycles. The maximum absolute atomic E-state index is 13.5. The molecule has 35 heavy (non-hydrogen) atoms. The number of nitro groups is 1. The number of sulfonamides is 1. The van der Waals surface area contributed by atoms with Gasteiger partial charge in [0.1, 0.15) is 12.6 Å². The minimum absolute atomic E-state index is 0.0585. The molecule has 10 nitrogen and oxygen atoms in total. The standard InChI is InChI=1S/C22H26Cl2N4O6S/c1-4-20(22(30)25-5-2)26(13-17-18(23)10-7-11-19(17)24)21(29)14-27(35(3,33)34)15-8-6-9-16(12-15)28(31)32/h6-12,20H,4-5,13-14H2,1-3H3,(H,25,30)/t20-/m1/s1. The van der Waals surface area contributed by atoms with Crippen molar-refractivity contribution in [1.29, 1.82) is 0 Å². The van der Waals surface area contributed by atoms with Crippen molar-refractivity contribution in [3.8, 4) is 0 Å². The topological polar surface area (TPSA) is 130 Å². The van der Waals surface area contributed by atoms with Crippen LogP contribution in [0.3, 0.4) is 0 Å². The van der Waals surface area contributed by atoms with Gasteiger partial charge in [0.15, 0.2) is 0 Å². The lowest BCUT2D eigenvalue weighted by molar-refractivity contribution is -0.384. The van der Waals surface area contributed by atoms with Crippen LogP contribution in [0, 0.1) is 10.1 Å². The smallest absolute Gasteiger partial charge is 0.271 e. The Kier molecular flexibility index (Phi) is 9.87. The number of nitrogens with zero attached hydrogens (tertiary/aromatic N) is 3. The van der Waals surface area contributed by atoms with E-state index in [0.717, 1.165) is 16.6 Å². The number of hydrogen-bond acceptors (Lipinski definition) is 6. The number of anilines is 1. The average molecular weight is 545 g/mol. The molecule has 0 spiro atoms. The monoisotopic (exact) mass is 544 g/mol. The second-order valence-corrected chi connectivity index (χ2v) is 10.3. The van der Waals surface area contributed by atoms with E-state index in [9.17, 15) is 28.1 Å². The first-order chi connectivity index (χ1) is 16.4. The summed E-state index contributed by atoms with van der Waals surface area (Å²) in [6.07, 6.45) is 1.12. The van der Waals surface area contributed by atoms with Crippen molar-refractivity contribution < 1.29 is 22.9 Å². The van der Waals surface area contributed by atoms with E-state index in [4.69, 9.17) is 23.2 Å². The maximum Gasteiger partial charge on any atom is 0.271 e. The van der Waals surface area contributed by atoms with Gasteiger partial charge in [-0.1, -0.05) is 42.3 Å². The number of likely N-dealkylation sites (N-methyl/N-ethyl adjacent to an activating group) is 1. The molecular weight excluding hydrogens is 519 g/mol. The van der Waals surface area contributed by atoms with Gasteiger partial charge in [-0.15, -0.1) is 0 Å². The SMILES string of the molecule is CCNC(=O)[C@@H](CC)N(Cc1c(Cl)cccc1Cl)C(=O)CN(c1cccc([N+](=O)[O-])c1)S(C)(=O)=O. The Balaban J connectivity index is 2.53. The highest BCUT2D eigenvalue weighted by atomic mass is 35.5. The van der Waals surface area contributed by atoms with Gasteiger partial charge in [-0.3, -0.25) is 24.0 Å². The quantitative estimate of drug-likeness (QED) is 0.339. The molecule has 190 valence electrons. The number of rotatable bonds is 11. The van der Waals surface area contributed by atoms with Crippen LogP contribution in [0.2, 0.25) is 10.0 Å². The lowest BCUT2D eigenvalue weighted by Crippen LogP contribution is -2.52. The summed E-state index contributed by atoms with van der Waals surface area (Å²) >= 11 is 12.6. The van der Waals surface area contributed by atoms with Gasteiger partial charge in [0.25, 0.3) is 5.69 Å². The van der Waals surface area contributed by atoms with Gasteiger partial charge in [0.2, 0.25) is 21.8 Å². The van der Waals surface area contributed by atoms with E-state index < -0.39 is 39.3 Å². The first kappa shape index (κ1) is 28.3. The van der Waals surface area contributed by atoms with Gasteiger partial charge < -0.3 is 10.2 Å². The maximum atomic E-state index is 13.5. The van der Waals surface area contributed by atoms with Gasteiger partial charge in [-0.05, 0) is 31.5 Å². The number of benzene rings is 2. The van der Waals surface area contributed by atoms with E-state index >= 15 is 0 Å². The van der Waals surface area contributed by atoms with Gasteiger partial charge in [0, 0.05) is 40.8 Å². The molecule has 2 aromatic rings. The summed E-state index contributed by atoms with van der Waals surface area (Å²) < 4.78 is 25.9. The zero-order valence-corrected chi connectivity index (χ0v) is 21.7. The number of carbonyl (C=O) groups is 2. The zero-order chi connectivity index (χ0) is 26.3. The molecule has 2 amide bonds. The predicted molar refractivity (Wildman–Crippen MR) is 135 cm³/mol. The van der Waals surface area contributed by atoms with Crippen LogP contribution in [-0.2, 0) is 26.2 Å². The fourth-order valence-electron chi connectivity index (χ4n) is 3.44. The second-order valence-electron chi connectivity index (χ2n) is 7.59. The molecule has 0 aliphatic carbocycles. The van der Waals surface area contributed by atoms with Gasteiger partial charge in [-0.25, -0.2) is 8.42 Å². The molecule has 0 saturated carbocycles. The first-order valence-corrected chi connectivity index (χ1v) is 13.2. The average Bonchev–Trinajstić information content (AvgIpc) is 2.78. The first-order valence-electron chi connectivity index (χ1n) is 10.6. The van der Waals surface area contributed by atoms with E-state index in [1.807, 2.05) is 0 Å². The molecule has 0 aliphatic rings. The third kappa shape index (κ3) is 7.30. The Labute approximate surface area is 214 Å². The highest BCUT2D eigenvalue weighted by Gasteiger charge is 2.32. The highest BCUT2D eigenvalue weighted by Crippen LogP contribution is 2.28. The normalized spacial score (nSPS) is 12.0. The third-order valence-electron chi connectivity index (χ3n) is 5.13. The summed E-state index contributed by atoms with van der Waals surface area (Å²) in [5, 5.41) is 14.4. The number of carbonyl (C=O) groups excluding carboxylic acids is 2. The molecular formula is C22H26Cl2N4O6S. The molecule has 0 saturated heterocycles. The molecule has 1 atom stereocenters. The zero-order valence-electron chi connectivity index (χ0n) is 19.4. The van der Waals surface area contributed by atoms with Crippen molar-refractivity contribution in [2.24, 2.45) is 0 Å². The van der Waals surface area contributed by atoms with Gasteiger partial charge >= 0.3 is 0 Å². The molecule has 0 radical (unpaired) electrons.